The molecule has 7 rings (SSSR count). The van der Waals surface area contributed by atoms with Crippen molar-refractivity contribution in [3.05, 3.63) is 109 Å². The van der Waals surface area contributed by atoms with Gasteiger partial charge < -0.3 is 10.2 Å². The number of aromatic hydroxyl groups is 2. The molecule has 5 aromatic rings. The van der Waals surface area contributed by atoms with Crippen LogP contribution in [0.2, 0.25) is 0 Å². The molecule has 0 atom stereocenters. The third-order valence-corrected chi connectivity index (χ3v) is 11.4. The zero-order chi connectivity index (χ0) is 22.4. The van der Waals surface area contributed by atoms with Crippen LogP contribution in [0, 0.1) is 0 Å². The van der Waals surface area contributed by atoms with E-state index in [1.165, 1.54) is 44.0 Å². The van der Waals surface area contributed by atoms with Gasteiger partial charge in [0.2, 0.25) is 0 Å². The molecule has 0 saturated heterocycles. The van der Waals surface area contributed by atoms with Crippen molar-refractivity contribution in [1.82, 2.24) is 9.97 Å². The topological polar surface area (TPSA) is 66.2 Å². The summed E-state index contributed by atoms with van der Waals surface area (Å²) in [5, 5.41) is 23.0. The molecule has 2 aliphatic rings. The van der Waals surface area contributed by atoms with E-state index in [1.807, 2.05) is 12.4 Å². The first-order valence-corrected chi connectivity index (χ1v) is 12.8. The van der Waals surface area contributed by atoms with E-state index >= 15 is 0 Å². The van der Waals surface area contributed by atoms with E-state index in [1.54, 1.807) is 12.1 Å². The van der Waals surface area contributed by atoms with Gasteiger partial charge in [0.25, 0.3) is 0 Å². The fourth-order valence-corrected chi connectivity index (χ4v) is 10.7. The van der Waals surface area contributed by atoms with E-state index in [2.05, 4.69) is 72.8 Å². The van der Waals surface area contributed by atoms with Gasteiger partial charge in [0.1, 0.15) is 0 Å². The quantitative estimate of drug-likeness (QED) is 0.198. The first kappa shape index (κ1) is 22.3. The van der Waals surface area contributed by atoms with Gasteiger partial charge in [-0.1, -0.05) is 72.8 Å². The summed E-state index contributed by atoms with van der Waals surface area (Å²) < 4.78 is 0. The average Bonchev–Trinajstić information content (AvgIpc) is 3.34. The number of pyridine rings is 2. The number of rotatable bonds is 0. The molecule has 2 aromatic heterocycles. The van der Waals surface area contributed by atoms with Crippen LogP contribution in [-0.2, 0) is 21.1 Å². The molecule has 168 valence electrons. The van der Waals surface area contributed by atoms with Crippen molar-refractivity contribution in [1.29, 1.82) is 0 Å². The molecule has 34 heavy (non-hydrogen) atoms. The summed E-state index contributed by atoms with van der Waals surface area (Å²) in [6.07, 6.45) is 3.77. The van der Waals surface area contributed by atoms with Crippen LogP contribution in [-0.4, -0.2) is 28.3 Å². The molecule has 4 heterocycles. The second-order valence-corrected chi connectivity index (χ2v) is 11.8. The Morgan fingerprint density at radius 1 is 0.471 bits per heavy atom. The number of para-hydroxylation sites is 2. The van der Waals surface area contributed by atoms with Crippen LogP contribution < -0.4 is 20.7 Å². The number of aromatic nitrogens is 2. The van der Waals surface area contributed by atoms with Crippen molar-refractivity contribution >= 4 is 28.8 Å². The van der Waals surface area contributed by atoms with Crippen LogP contribution in [0.3, 0.4) is 0 Å². The number of phenols is 2. The fourth-order valence-electron chi connectivity index (χ4n) is 5.22. The van der Waals surface area contributed by atoms with Crippen molar-refractivity contribution in [2.24, 2.45) is 0 Å². The van der Waals surface area contributed by atoms with Crippen LogP contribution in [0.4, 0.5) is 0 Å². The Hall–Kier alpha value is -3.53. The van der Waals surface area contributed by atoms with E-state index < -0.39 is 8.07 Å². The summed E-state index contributed by atoms with van der Waals surface area (Å²) in [5.41, 5.74) is 4.88. The standard InChI is InChI=1S/C22H14N2Si.C6H6O2.Pt/c1-3-9-17-15(7-1)16-8-2-4-10-18(16)25(17)19-11-5-13-23-21(19)22-20(25)12-6-14-24-22;7-5-3-1-2-4-6(5)8;/h1-14H;1-4,7-8H;. The predicted octanol–water partition coefficient (Wildman–Crippen LogP) is 2.91. The minimum atomic E-state index is -2.28. The van der Waals surface area contributed by atoms with Crippen LogP contribution >= 0.6 is 0 Å². The molecule has 2 N–H and O–H groups in total. The van der Waals surface area contributed by atoms with Crippen molar-refractivity contribution in [2.75, 3.05) is 0 Å². The SMILES string of the molecule is Oc1ccccc1O.[Pt].c1ccc2c(c1)-c1ccccc1[Si]21c2cccnc2-c2ncccc21. The minimum Gasteiger partial charge on any atom is -0.504 e. The summed E-state index contributed by atoms with van der Waals surface area (Å²) >= 11 is 0. The Balaban J connectivity index is 0.000000231. The normalized spacial score (nSPS) is 12.9. The van der Waals surface area contributed by atoms with Gasteiger partial charge in [-0.05, 0) is 56.1 Å². The van der Waals surface area contributed by atoms with Crippen LogP contribution in [0.5, 0.6) is 11.5 Å². The van der Waals surface area contributed by atoms with Crippen LogP contribution in [0.25, 0.3) is 22.5 Å². The molecule has 2 aliphatic heterocycles. The Kier molecular flexibility index (Phi) is 5.68. The summed E-state index contributed by atoms with van der Waals surface area (Å²) in [6, 6.07) is 32.6. The van der Waals surface area contributed by atoms with Crippen molar-refractivity contribution in [2.45, 2.75) is 0 Å². The summed E-state index contributed by atoms with van der Waals surface area (Å²) in [5.74, 6) is -0.153. The van der Waals surface area contributed by atoms with Gasteiger partial charge in [-0.15, -0.1) is 0 Å². The van der Waals surface area contributed by atoms with E-state index in [-0.39, 0.29) is 32.6 Å². The van der Waals surface area contributed by atoms with Gasteiger partial charge in [-0.3, -0.25) is 9.97 Å². The second-order valence-electron chi connectivity index (χ2n) is 8.13. The number of nitrogens with zero attached hydrogens (tertiary/aromatic N) is 2. The molecule has 0 radical (unpaired) electrons. The van der Waals surface area contributed by atoms with E-state index in [4.69, 9.17) is 20.2 Å². The second kappa shape index (κ2) is 8.67. The Morgan fingerprint density at radius 3 is 1.29 bits per heavy atom. The van der Waals surface area contributed by atoms with Crippen molar-refractivity contribution in [3.63, 3.8) is 0 Å². The first-order valence-electron chi connectivity index (χ1n) is 10.8. The maximum absolute atomic E-state index is 8.67. The molecule has 6 heteroatoms. The maximum atomic E-state index is 8.67. The monoisotopic (exact) mass is 639 g/mol. The summed E-state index contributed by atoms with van der Waals surface area (Å²) in [4.78, 5) is 9.48. The molecule has 0 bridgehead atoms. The summed E-state index contributed by atoms with van der Waals surface area (Å²) in [7, 11) is -2.28. The average molecular weight is 640 g/mol. The molecule has 0 saturated carbocycles. The van der Waals surface area contributed by atoms with E-state index in [0.29, 0.717) is 0 Å². The van der Waals surface area contributed by atoms with Gasteiger partial charge in [0.15, 0.2) is 19.6 Å². The largest absolute Gasteiger partial charge is 0.504 e. The summed E-state index contributed by atoms with van der Waals surface area (Å²) in [6.45, 7) is 0. The number of fused-ring (bicyclic) bond motifs is 10. The molecule has 0 unspecified atom stereocenters. The Morgan fingerprint density at radius 2 is 0.853 bits per heavy atom. The first-order chi connectivity index (χ1) is 16.2. The molecular formula is C28H20N2O2PtSi. The van der Waals surface area contributed by atoms with Gasteiger partial charge in [-0.25, -0.2) is 0 Å². The number of hydrogen-bond acceptors (Lipinski definition) is 4. The van der Waals surface area contributed by atoms with Crippen LogP contribution in [0.1, 0.15) is 0 Å². The fraction of sp³-hybridized carbons (Fsp3) is 0. The van der Waals surface area contributed by atoms with Crippen molar-refractivity contribution < 1.29 is 31.3 Å². The van der Waals surface area contributed by atoms with Gasteiger partial charge in [0.05, 0.1) is 11.4 Å². The van der Waals surface area contributed by atoms with Gasteiger partial charge in [0, 0.05) is 33.5 Å². The number of hydrogen-bond donors (Lipinski definition) is 2. The number of phenolic OH excluding ortho intramolecular Hbond substituents is 2. The third-order valence-electron chi connectivity index (χ3n) is 6.48. The molecule has 0 aliphatic carbocycles. The maximum Gasteiger partial charge on any atom is 0.185 e. The zero-order valence-corrected chi connectivity index (χ0v) is 21.3. The molecule has 0 amide bonds. The molecular weight excluding hydrogens is 619 g/mol. The minimum absolute atomic E-state index is 0. The Labute approximate surface area is 212 Å². The Bertz CT molecular complexity index is 1310. The zero-order valence-electron chi connectivity index (χ0n) is 18.0. The van der Waals surface area contributed by atoms with E-state index in [9.17, 15) is 0 Å². The predicted molar refractivity (Wildman–Crippen MR) is 133 cm³/mol. The van der Waals surface area contributed by atoms with Gasteiger partial charge >= 0.3 is 0 Å². The van der Waals surface area contributed by atoms with Crippen LogP contribution in [0.15, 0.2) is 109 Å². The smallest absolute Gasteiger partial charge is 0.185 e. The molecule has 0 fully saturated rings. The molecule has 4 nitrogen and oxygen atoms in total. The van der Waals surface area contributed by atoms with Gasteiger partial charge in [-0.2, -0.15) is 0 Å². The van der Waals surface area contributed by atoms with E-state index in [0.717, 1.165) is 11.4 Å². The molecule has 3 aromatic carbocycles. The number of benzene rings is 3. The van der Waals surface area contributed by atoms with Crippen molar-refractivity contribution in [3.8, 4) is 34.0 Å². The molecule has 1 spiro atoms. The third kappa shape index (κ3) is 3.08.